The van der Waals surface area contributed by atoms with Gasteiger partial charge in [-0.05, 0) is 104 Å². The van der Waals surface area contributed by atoms with Crippen LogP contribution in [-0.4, -0.2) is 0 Å². The summed E-state index contributed by atoms with van der Waals surface area (Å²) in [5, 5.41) is 15.8. The van der Waals surface area contributed by atoms with E-state index in [4.69, 9.17) is 0 Å². The topological polar surface area (TPSA) is 0 Å². The highest BCUT2D eigenvalue weighted by atomic mass is 14.2. The third-order valence-corrected chi connectivity index (χ3v) is 10.0. The van der Waals surface area contributed by atoms with Gasteiger partial charge in [0.1, 0.15) is 0 Å². The van der Waals surface area contributed by atoms with E-state index in [1.165, 1.54) is 98.0 Å². The van der Waals surface area contributed by atoms with Crippen LogP contribution in [0.15, 0.2) is 170 Å². The van der Waals surface area contributed by atoms with Crippen molar-refractivity contribution in [3.05, 3.63) is 170 Å². The molecule has 0 radical (unpaired) electrons. The summed E-state index contributed by atoms with van der Waals surface area (Å²) in [5.41, 5.74) is 7.45. The second-order valence-electron chi connectivity index (χ2n) is 12.5. The van der Waals surface area contributed by atoms with E-state index in [1.54, 1.807) is 0 Å². The highest BCUT2D eigenvalue weighted by Gasteiger charge is 2.13. The van der Waals surface area contributed by atoms with E-state index in [1.807, 2.05) is 0 Å². The van der Waals surface area contributed by atoms with Crippen LogP contribution in [-0.2, 0) is 0 Å². The first kappa shape index (κ1) is 25.4. The van der Waals surface area contributed by atoms with Gasteiger partial charge in [-0.1, -0.05) is 164 Å². The van der Waals surface area contributed by atoms with Gasteiger partial charge in [0.2, 0.25) is 0 Å². The van der Waals surface area contributed by atoms with Crippen LogP contribution in [0.4, 0.5) is 0 Å². The molecular formula is C46H28. The Morgan fingerprint density at radius 3 is 1.24 bits per heavy atom. The van der Waals surface area contributed by atoms with Crippen molar-refractivity contribution in [1.82, 2.24) is 0 Å². The Morgan fingerprint density at radius 1 is 0.217 bits per heavy atom. The monoisotopic (exact) mass is 580 g/mol. The van der Waals surface area contributed by atoms with Crippen LogP contribution in [0.3, 0.4) is 0 Å². The number of benzene rings is 10. The molecule has 0 fully saturated rings. The van der Waals surface area contributed by atoms with E-state index in [0.717, 1.165) is 0 Å². The maximum absolute atomic E-state index is 2.37. The van der Waals surface area contributed by atoms with Crippen LogP contribution in [0.1, 0.15) is 0 Å². The fraction of sp³-hybridized carbons (Fsp3) is 0. The predicted octanol–water partition coefficient (Wildman–Crippen LogP) is 13.0. The molecule has 0 aliphatic carbocycles. The number of fused-ring (bicyclic) bond motifs is 6. The largest absolute Gasteiger partial charge is 0.0616 e. The van der Waals surface area contributed by atoms with E-state index >= 15 is 0 Å². The Morgan fingerprint density at radius 2 is 0.630 bits per heavy atom. The van der Waals surface area contributed by atoms with E-state index in [-0.39, 0.29) is 0 Å². The number of rotatable bonds is 3. The lowest BCUT2D eigenvalue weighted by molar-refractivity contribution is 1.59. The Balaban J connectivity index is 1.01. The molecule has 0 bridgehead atoms. The van der Waals surface area contributed by atoms with Crippen LogP contribution in [0, 0.1) is 0 Å². The SMILES string of the molecule is c1cc2ccc3ccc(-c4ccc(-c5ccc(-c6ccc7c8ccccc8c8ccccc8c7c6)cc5)cc4)c4ccc(c1)c2c34. The summed E-state index contributed by atoms with van der Waals surface area (Å²) in [5.74, 6) is 0. The molecule has 10 aromatic carbocycles. The van der Waals surface area contributed by atoms with Crippen molar-refractivity contribution >= 4 is 64.6 Å². The van der Waals surface area contributed by atoms with Gasteiger partial charge in [-0.2, -0.15) is 0 Å². The second kappa shape index (κ2) is 9.76. The van der Waals surface area contributed by atoms with Crippen LogP contribution in [0.2, 0.25) is 0 Å². The average Bonchev–Trinajstić information content (AvgIpc) is 3.14. The van der Waals surface area contributed by atoms with Crippen molar-refractivity contribution in [2.45, 2.75) is 0 Å². The van der Waals surface area contributed by atoms with Gasteiger partial charge in [0.05, 0.1) is 0 Å². The quantitative estimate of drug-likeness (QED) is 0.182. The van der Waals surface area contributed by atoms with Crippen molar-refractivity contribution in [3.63, 3.8) is 0 Å². The molecule has 0 unspecified atom stereocenters. The molecule has 0 heteroatoms. The summed E-state index contributed by atoms with van der Waals surface area (Å²) in [6.07, 6.45) is 0. The number of hydrogen-bond donors (Lipinski definition) is 0. The third kappa shape index (κ3) is 3.74. The maximum Gasteiger partial charge on any atom is -0.00206 e. The molecular weight excluding hydrogens is 553 g/mol. The Hall–Kier alpha value is -5.98. The molecule has 0 saturated heterocycles. The Labute approximate surface area is 267 Å². The van der Waals surface area contributed by atoms with Crippen LogP contribution in [0.5, 0.6) is 0 Å². The molecule has 0 atom stereocenters. The van der Waals surface area contributed by atoms with Gasteiger partial charge in [-0.15, -0.1) is 0 Å². The molecule has 0 aliphatic rings. The summed E-state index contributed by atoms with van der Waals surface area (Å²) < 4.78 is 0. The summed E-state index contributed by atoms with van der Waals surface area (Å²) in [4.78, 5) is 0. The zero-order chi connectivity index (χ0) is 30.2. The smallest absolute Gasteiger partial charge is 0.00206 e. The fourth-order valence-electron chi connectivity index (χ4n) is 7.77. The molecule has 0 N–H and O–H groups in total. The molecule has 0 amide bonds. The van der Waals surface area contributed by atoms with Gasteiger partial charge in [0.15, 0.2) is 0 Å². The molecule has 46 heavy (non-hydrogen) atoms. The van der Waals surface area contributed by atoms with Gasteiger partial charge in [0.25, 0.3) is 0 Å². The summed E-state index contributed by atoms with van der Waals surface area (Å²) in [6, 6.07) is 62.8. The van der Waals surface area contributed by atoms with Crippen molar-refractivity contribution in [1.29, 1.82) is 0 Å². The number of hydrogen-bond acceptors (Lipinski definition) is 0. The molecule has 0 aliphatic heterocycles. The van der Waals surface area contributed by atoms with Gasteiger partial charge in [-0.25, -0.2) is 0 Å². The van der Waals surface area contributed by atoms with Crippen molar-refractivity contribution in [2.24, 2.45) is 0 Å². The summed E-state index contributed by atoms with van der Waals surface area (Å²) in [6.45, 7) is 0. The van der Waals surface area contributed by atoms with Gasteiger partial charge >= 0.3 is 0 Å². The lowest BCUT2D eigenvalue weighted by Crippen LogP contribution is -1.87. The van der Waals surface area contributed by atoms with Crippen LogP contribution in [0.25, 0.3) is 98.0 Å². The van der Waals surface area contributed by atoms with E-state index in [9.17, 15) is 0 Å². The Kier molecular flexibility index (Phi) is 5.38. The van der Waals surface area contributed by atoms with Crippen LogP contribution < -0.4 is 0 Å². The normalized spacial score (nSPS) is 11.9. The van der Waals surface area contributed by atoms with Crippen molar-refractivity contribution < 1.29 is 0 Å². The van der Waals surface area contributed by atoms with Crippen LogP contribution >= 0.6 is 0 Å². The molecule has 0 spiro atoms. The van der Waals surface area contributed by atoms with Gasteiger partial charge in [-0.3, -0.25) is 0 Å². The first-order valence-electron chi connectivity index (χ1n) is 16.0. The lowest BCUT2D eigenvalue weighted by Gasteiger charge is -2.14. The van der Waals surface area contributed by atoms with Gasteiger partial charge < -0.3 is 0 Å². The van der Waals surface area contributed by atoms with Gasteiger partial charge in [0, 0.05) is 0 Å². The molecule has 0 heterocycles. The van der Waals surface area contributed by atoms with E-state index in [2.05, 4.69) is 170 Å². The maximum atomic E-state index is 2.37. The summed E-state index contributed by atoms with van der Waals surface area (Å²) in [7, 11) is 0. The predicted molar refractivity (Wildman–Crippen MR) is 199 cm³/mol. The first-order chi connectivity index (χ1) is 22.8. The highest BCUT2D eigenvalue weighted by Crippen LogP contribution is 2.40. The minimum atomic E-state index is 1.22. The zero-order valence-corrected chi connectivity index (χ0v) is 25.2. The molecule has 212 valence electrons. The minimum absolute atomic E-state index is 1.22. The molecule has 0 aromatic heterocycles. The highest BCUT2D eigenvalue weighted by molar-refractivity contribution is 6.26. The first-order valence-corrected chi connectivity index (χ1v) is 16.0. The second-order valence-corrected chi connectivity index (χ2v) is 12.5. The summed E-state index contributed by atoms with van der Waals surface area (Å²) >= 11 is 0. The lowest BCUT2D eigenvalue weighted by atomic mass is 9.89. The zero-order valence-electron chi connectivity index (χ0n) is 25.2. The van der Waals surface area contributed by atoms with Crippen molar-refractivity contribution in [2.75, 3.05) is 0 Å². The van der Waals surface area contributed by atoms with E-state index < -0.39 is 0 Å². The molecule has 0 nitrogen and oxygen atoms in total. The molecule has 10 aromatic rings. The standard InChI is InChI=1S/C46H28/c1-2-10-40-38(8-1)39-9-3-4-11-41(39)44-28-36(24-26-42(40)44)31-14-12-29(13-15-31)30-16-18-32(19-17-30)37-25-22-35-21-20-33-6-5-7-34-23-27-43(37)46(35)45(33)34/h1-28H. The van der Waals surface area contributed by atoms with Crippen molar-refractivity contribution in [3.8, 4) is 33.4 Å². The third-order valence-electron chi connectivity index (χ3n) is 10.0. The Bertz CT molecular complexity index is 2710. The molecule has 0 saturated carbocycles. The average molecular weight is 581 g/mol. The minimum Gasteiger partial charge on any atom is -0.0616 e. The fourth-order valence-corrected chi connectivity index (χ4v) is 7.77. The van der Waals surface area contributed by atoms with E-state index in [0.29, 0.717) is 0 Å². The molecule has 10 rings (SSSR count).